The van der Waals surface area contributed by atoms with E-state index in [4.69, 9.17) is 14.3 Å². The molecule has 1 fully saturated rings. The molecule has 9 nitrogen and oxygen atoms in total. The molecule has 2 unspecified atom stereocenters. The zero-order chi connectivity index (χ0) is 24.3. The number of hydrogen-bond acceptors (Lipinski definition) is 6. The normalized spacial score (nSPS) is 17.9. The molecule has 1 heterocycles. The van der Waals surface area contributed by atoms with Gasteiger partial charge in [0.25, 0.3) is 5.91 Å². The van der Waals surface area contributed by atoms with Crippen LogP contribution in [-0.4, -0.2) is 61.3 Å². The second kappa shape index (κ2) is 12.6. The highest BCUT2D eigenvalue weighted by Crippen LogP contribution is 2.22. The number of benzene rings is 2. The molecule has 0 spiro atoms. The fourth-order valence-corrected chi connectivity index (χ4v) is 3.82. The maximum Gasteiger partial charge on any atom is 0.410 e. The minimum Gasteiger partial charge on any atom is -0.445 e. The molecule has 0 saturated carbocycles. The van der Waals surface area contributed by atoms with E-state index in [0.717, 1.165) is 16.2 Å². The van der Waals surface area contributed by atoms with E-state index in [-0.39, 0.29) is 25.7 Å². The monoisotopic (exact) mass is 469 g/mol. The third-order valence-electron chi connectivity index (χ3n) is 5.73. The van der Waals surface area contributed by atoms with Gasteiger partial charge in [-0.25, -0.2) is 14.7 Å². The van der Waals surface area contributed by atoms with Crippen LogP contribution in [0.1, 0.15) is 24.0 Å². The molecule has 182 valence electrons. The van der Waals surface area contributed by atoms with E-state index < -0.39 is 24.1 Å². The second-order valence-electron chi connectivity index (χ2n) is 8.07. The smallest absolute Gasteiger partial charge is 0.410 e. The molecule has 2 aromatic carbocycles. The number of amides is 3. The van der Waals surface area contributed by atoms with Crippen LogP contribution in [0, 0.1) is 5.92 Å². The third kappa shape index (κ3) is 7.21. The standard InChI is InChI=1S/C25H31N3O6/c1-27(32-2)23(29)21-14-9-15-28(25(31)34-18-20-12-7-4-8-13-20)16-22(21)26-24(30)33-17-19-10-5-3-6-11-19/h3-8,10-13,21-22H,9,14-18H2,1-2H3,(H,26,30). The molecule has 1 saturated heterocycles. The molecule has 1 aliphatic heterocycles. The topological polar surface area (TPSA) is 97.4 Å². The lowest BCUT2D eigenvalue weighted by atomic mass is 9.94. The first-order valence-corrected chi connectivity index (χ1v) is 11.2. The maximum absolute atomic E-state index is 12.9. The zero-order valence-corrected chi connectivity index (χ0v) is 19.5. The Labute approximate surface area is 199 Å². The van der Waals surface area contributed by atoms with Crippen LogP contribution in [-0.2, 0) is 32.3 Å². The molecule has 3 amide bonds. The van der Waals surface area contributed by atoms with Crippen molar-refractivity contribution in [2.75, 3.05) is 27.2 Å². The van der Waals surface area contributed by atoms with Crippen LogP contribution in [0.5, 0.6) is 0 Å². The number of hydrogen-bond donors (Lipinski definition) is 1. The molecule has 9 heteroatoms. The van der Waals surface area contributed by atoms with E-state index in [1.54, 1.807) is 0 Å². The van der Waals surface area contributed by atoms with E-state index in [1.807, 2.05) is 60.7 Å². The average Bonchev–Trinajstić information content (AvgIpc) is 3.09. The van der Waals surface area contributed by atoms with E-state index in [2.05, 4.69) is 5.32 Å². The van der Waals surface area contributed by atoms with Gasteiger partial charge in [0, 0.05) is 20.1 Å². The van der Waals surface area contributed by atoms with Gasteiger partial charge in [-0.3, -0.25) is 9.63 Å². The Bertz CT molecular complexity index is 940. The van der Waals surface area contributed by atoms with Gasteiger partial charge in [-0.15, -0.1) is 0 Å². The maximum atomic E-state index is 12.9. The summed E-state index contributed by atoms with van der Waals surface area (Å²) in [5.74, 6) is -0.864. The minimum absolute atomic E-state index is 0.0960. The molecule has 2 atom stereocenters. The van der Waals surface area contributed by atoms with Crippen molar-refractivity contribution in [2.24, 2.45) is 5.92 Å². The Morgan fingerprint density at radius 1 is 0.971 bits per heavy atom. The number of hydroxylamine groups is 2. The number of likely N-dealkylation sites (tertiary alicyclic amines) is 1. The number of carbonyl (C=O) groups is 3. The summed E-state index contributed by atoms with van der Waals surface area (Å²) >= 11 is 0. The predicted molar refractivity (Wildman–Crippen MR) is 124 cm³/mol. The van der Waals surface area contributed by atoms with Gasteiger partial charge in [-0.05, 0) is 24.0 Å². The number of ether oxygens (including phenoxy) is 2. The highest BCUT2D eigenvalue weighted by molar-refractivity contribution is 5.80. The number of alkyl carbamates (subject to hydrolysis) is 1. The fraction of sp³-hybridized carbons (Fsp3) is 0.400. The Balaban J connectivity index is 1.66. The van der Waals surface area contributed by atoms with Crippen molar-refractivity contribution in [3.05, 3.63) is 71.8 Å². The van der Waals surface area contributed by atoms with Gasteiger partial charge in [0.2, 0.25) is 0 Å². The van der Waals surface area contributed by atoms with Crippen molar-refractivity contribution in [3.8, 4) is 0 Å². The largest absolute Gasteiger partial charge is 0.445 e. The van der Waals surface area contributed by atoms with E-state index >= 15 is 0 Å². The molecule has 1 N–H and O–H groups in total. The molecule has 0 aliphatic carbocycles. The summed E-state index contributed by atoms with van der Waals surface area (Å²) < 4.78 is 10.8. The first-order chi connectivity index (χ1) is 16.5. The van der Waals surface area contributed by atoms with Gasteiger partial charge in [0.1, 0.15) is 13.2 Å². The highest BCUT2D eigenvalue weighted by Gasteiger charge is 2.37. The van der Waals surface area contributed by atoms with Crippen molar-refractivity contribution < 1.29 is 28.7 Å². The SMILES string of the molecule is CON(C)C(=O)C1CCCN(C(=O)OCc2ccccc2)CC1NC(=O)OCc1ccccc1. The Morgan fingerprint density at radius 3 is 2.15 bits per heavy atom. The van der Waals surface area contributed by atoms with Crippen molar-refractivity contribution in [1.29, 1.82) is 0 Å². The van der Waals surface area contributed by atoms with Gasteiger partial charge < -0.3 is 19.7 Å². The van der Waals surface area contributed by atoms with E-state index in [0.29, 0.717) is 19.4 Å². The van der Waals surface area contributed by atoms with Gasteiger partial charge in [-0.2, -0.15) is 0 Å². The number of carbonyl (C=O) groups excluding carboxylic acids is 3. The zero-order valence-electron chi connectivity index (χ0n) is 19.5. The summed E-state index contributed by atoms with van der Waals surface area (Å²) in [4.78, 5) is 44.8. The Hall–Kier alpha value is -3.59. The molecule has 0 aromatic heterocycles. The van der Waals surface area contributed by atoms with Crippen LogP contribution >= 0.6 is 0 Å². The molecule has 34 heavy (non-hydrogen) atoms. The van der Waals surface area contributed by atoms with Crippen LogP contribution < -0.4 is 5.32 Å². The Kier molecular flexibility index (Phi) is 9.28. The van der Waals surface area contributed by atoms with Crippen LogP contribution in [0.25, 0.3) is 0 Å². The van der Waals surface area contributed by atoms with Crippen molar-refractivity contribution in [1.82, 2.24) is 15.3 Å². The second-order valence-corrected chi connectivity index (χ2v) is 8.07. The molecule has 2 aromatic rings. The van der Waals surface area contributed by atoms with Crippen LogP contribution in [0.15, 0.2) is 60.7 Å². The lowest BCUT2D eigenvalue weighted by Crippen LogP contribution is -2.52. The Morgan fingerprint density at radius 2 is 1.56 bits per heavy atom. The van der Waals surface area contributed by atoms with Crippen molar-refractivity contribution >= 4 is 18.1 Å². The summed E-state index contributed by atoms with van der Waals surface area (Å²) in [5.41, 5.74) is 1.72. The van der Waals surface area contributed by atoms with Gasteiger partial charge in [-0.1, -0.05) is 60.7 Å². The average molecular weight is 470 g/mol. The van der Waals surface area contributed by atoms with Crippen molar-refractivity contribution in [3.63, 3.8) is 0 Å². The molecule has 0 bridgehead atoms. The lowest BCUT2D eigenvalue weighted by molar-refractivity contribution is -0.174. The molecule has 1 aliphatic rings. The van der Waals surface area contributed by atoms with Gasteiger partial charge in [0.15, 0.2) is 0 Å². The first kappa shape index (κ1) is 25.0. The van der Waals surface area contributed by atoms with Crippen LogP contribution in [0.2, 0.25) is 0 Å². The summed E-state index contributed by atoms with van der Waals surface area (Å²) in [6.45, 7) is 0.758. The fourth-order valence-electron chi connectivity index (χ4n) is 3.82. The van der Waals surface area contributed by atoms with Gasteiger partial charge >= 0.3 is 12.2 Å². The predicted octanol–water partition coefficient (Wildman–Crippen LogP) is 3.35. The van der Waals surface area contributed by atoms with E-state index in [1.165, 1.54) is 19.1 Å². The lowest BCUT2D eigenvalue weighted by Gasteiger charge is -2.29. The summed E-state index contributed by atoms with van der Waals surface area (Å²) in [7, 11) is 2.92. The highest BCUT2D eigenvalue weighted by atomic mass is 16.7. The minimum atomic E-state index is -0.667. The van der Waals surface area contributed by atoms with Gasteiger partial charge in [0.05, 0.1) is 19.1 Å². The summed E-state index contributed by atoms with van der Waals surface area (Å²) in [6.07, 6.45) is -0.114. The number of rotatable bonds is 7. The van der Waals surface area contributed by atoms with Crippen molar-refractivity contribution in [2.45, 2.75) is 32.1 Å². The first-order valence-electron chi connectivity index (χ1n) is 11.2. The van der Waals surface area contributed by atoms with E-state index in [9.17, 15) is 14.4 Å². The summed E-state index contributed by atoms with van der Waals surface area (Å²) in [5, 5.41) is 3.92. The number of nitrogens with one attached hydrogen (secondary N) is 1. The molecular formula is C25H31N3O6. The molecule has 0 radical (unpaired) electrons. The quantitative estimate of drug-likeness (QED) is 0.625. The van der Waals surface area contributed by atoms with Crippen LogP contribution in [0.4, 0.5) is 9.59 Å². The number of nitrogens with zero attached hydrogens (tertiary/aromatic N) is 2. The van der Waals surface area contributed by atoms with Crippen LogP contribution in [0.3, 0.4) is 0 Å². The third-order valence-corrected chi connectivity index (χ3v) is 5.73. The summed E-state index contributed by atoms with van der Waals surface area (Å²) in [6, 6.07) is 18.0. The molecular weight excluding hydrogens is 438 g/mol. The molecule has 3 rings (SSSR count).